The van der Waals surface area contributed by atoms with Crippen LogP contribution in [0.25, 0.3) is 0 Å². The summed E-state index contributed by atoms with van der Waals surface area (Å²) in [5, 5.41) is 8.77. The Hall–Kier alpha value is -1.59. The predicted molar refractivity (Wildman–Crippen MR) is 112 cm³/mol. The largest absolute Gasteiger partial charge is 0.482 e. The van der Waals surface area contributed by atoms with Gasteiger partial charge in [-0.05, 0) is 68.1 Å². The number of aliphatic carboxylic acids is 1. The molecule has 2 aliphatic rings. The summed E-state index contributed by atoms with van der Waals surface area (Å²) in [6, 6.07) is 7.81. The second-order valence-electron chi connectivity index (χ2n) is 8.45. The Bertz CT molecular complexity index is 631. The zero-order valence-electron chi connectivity index (χ0n) is 17.7. The van der Waals surface area contributed by atoms with Gasteiger partial charge in [0, 0.05) is 13.2 Å². The molecule has 2 fully saturated rings. The number of rotatable bonds is 14. The summed E-state index contributed by atoms with van der Waals surface area (Å²) in [6.45, 7) is 3.66. The van der Waals surface area contributed by atoms with Crippen molar-refractivity contribution in [2.75, 3.05) is 19.8 Å². The van der Waals surface area contributed by atoms with Gasteiger partial charge in [-0.15, -0.1) is 0 Å². The molecule has 2 heterocycles. The Morgan fingerprint density at radius 3 is 2.66 bits per heavy atom. The lowest BCUT2D eigenvalue weighted by Crippen LogP contribution is -2.28. The van der Waals surface area contributed by atoms with Crippen LogP contribution in [0.4, 0.5) is 0 Å². The first-order valence-electron chi connectivity index (χ1n) is 11.3. The van der Waals surface area contributed by atoms with Crippen LogP contribution < -0.4 is 4.74 Å². The number of unbranched alkanes of at least 4 members (excludes halogenated alkanes) is 3. The molecule has 1 aromatic rings. The van der Waals surface area contributed by atoms with E-state index in [1.165, 1.54) is 44.1 Å². The first-order valence-corrected chi connectivity index (χ1v) is 11.3. The van der Waals surface area contributed by atoms with Gasteiger partial charge in [-0.25, -0.2) is 4.79 Å². The van der Waals surface area contributed by atoms with Gasteiger partial charge in [-0.2, -0.15) is 0 Å². The van der Waals surface area contributed by atoms with Crippen LogP contribution in [-0.4, -0.2) is 43.1 Å². The van der Waals surface area contributed by atoms with E-state index < -0.39 is 5.97 Å². The minimum Gasteiger partial charge on any atom is -0.482 e. The van der Waals surface area contributed by atoms with E-state index in [1.54, 1.807) is 0 Å². The number of hydrogen-bond acceptors (Lipinski definition) is 4. The molecule has 0 aliphatic carbocycles. The molecule has 162 valence electrons. The van der Waals surface area contributed by atoms with E-state index in [-0.39, 0.29) is 6.61 Å². The van der Waals surface area contributed by atoms with Crippen LogP contribution in [0.1, 0.15) is 63.9 Å². The molecule has 0 radical (unpaired) electrons. The Morgan fingerprint density at radius 1 is 1.10 bits per heavy atom. The summed E-state index contributed by atoms with van der Waals surface area (Å²) in [5.41, 5.74) is 1.20. The van der Waals surface area contributed by atoms with Crippen molar-refractivity contribution in [3.63, 3.8) is 0 Å². The predicted octanol–water partition coefficient (Wildman–Crippen LogP) is 4.86. The highest BCUT2D eigenvalue weighted by atomic mass is 16.5. The van der Waals surface area contributed by atoms with Crippen molar-refractivity contribution in [2.45, 2.75) is 76.9 Å². The lowest BCUT2D eigenvalue weighted by atomic mass is 9.75. The molecule has 5 nitrogen and oxygen atoms in total. The van der Waals surface area contributed by atoms with Crippen LogP contribution >= 0.6 is 0 Å². The van der Waals surface area contributed by atoms with Gasteiger partial charge in [0.15, 0.2) is 6.61 Å². The topological polar surface area (TPSA) is 65.0 Å². The minimum absolute atomic E-state index is 0.301. The van der Waals surface area contributed by atoms with Crippen LogP contribution in [0, 0.1) is 11.8 Å². The third kappa shape index (κ3) is 6.71. The van der Waals surface area contributed by atoms with Gasteiger partial charge in [-0.1, -0.05) is 38.3 Å². The third-order valence-electron chi connectivity index (χ3n) is 6.36. The van der Waals surface area contributed by atoms with Crippen LogP contribution in [0.3, 0.4) is 0 Å². The molecule has 0 saturated carbocycles. The first kappa shape index (κ1) is 22.1. The average molecular weight is 405 g/mol. The number of hydrogen-bond donors (Lipinski definition) is 1. The first-order chi connectivity index (χ1) is 14.2. The van der Waals surface area contributed by atoms with Gasteiger partial charge in [0.1, 0.15) is 5.75 Å². The molecule has 1 aromatic carbocycles. The molecule has 0 unspecified atom stereocenters. The summed E-state index contributed by atoms with van der Waals surface area (Å²) >= 11 is 0. The molecule has 0 aromatic heterocycles. The summed E-state index contributed by atoms with van der Waals surface area (Å²) in [4.78, 5) is 10.7. The molecular formula is C24H36O5. The number of carbonyl (C=O) groups is 1. The fraction of sp³-hybridized carbons (Fsp3) is 0.708. The Balaban J connectivity index is 1.44. The molecule has 29 heavy (non-hydrogen) atoms. The second kappa shape index (κ2) is 11.6. The third-order valence-corrected chi connectivity index (χ3v) is 6.36. The number of ether oxygens (including phenoxy) is 3. The van der Waals surface area contributed by atoms with Crippen LogP contribution in [-0.2, 0) is 20.7 Å². The van der Waals surface area contributed by atoms with E-state index >= 15 is 0 Å². The summed E-state index contributed by atoms with van der Waals surface area (Å²) < 4.78 is 17.5. The fourth-order valence-corrected chi connectivity index (χ4v) is 4.89. The maximum atomic E-state index is 10.7. The molecule has 1 N–H and O–H groups in total. The number of carboxylic acids is 1. The molecule has 0 amide bonds. The average Bonchev–Trinajstić information content (AvgIpc) is 3.32. The lowest BCUT2D eigenvalue weighted by Gasteiger charge is -2.28. The monoisotopic (exact) mass is 404 g/mol. The number of carboxylic acid groups (broad SMARTS) is 1. The van der Waals surface area contributed by atoms with Crippen molar-refractivity contribution in [3.05, 3.63) is 29.8 Å². The van der Waals surface area contributed by atoms with Crippen molar-refractivity contribution >= 4 is 5.97 Å². The quantitative estimate of drug-likeness (QED) is 0.449. The Labute approximate surface area is 174 Å². The van der Waals surface area contributed by atoms with E-state index in [0.717, 1.165) is 32.5 Å². The summed E-state index contributed by atoms with van der Waals surface area (Å²) in [5.74, 6) is 0.879. The zero-order valence-corrected chi connectivity index (χ0v) is 17.7. The highest BCUT2D eigenvalue weighted by Gasteiger charge is 2.47. The number of aryl methyl sites for hydroxylation is 1. The standard InChI is InChI=1S/C24H36O5/c1-2-3-4-5-14-27-15-13-21-20(22-11-12-23(21)29-22)10-9-18-7-6-8-19(16-18)28-17-24(25)26/h6-8,16,20-23H,2-5,9-15,17H2,1H3,(H,25,26)/t20-,21+,22-,23+/m0/s1. The van der Waals surface area contributed by atoms with Crippen molar-refractivity contribution in [1.29, 1.82) is 0 Å². The molecule has 2 bridgehead atoms. The van der Waals surface area contributed by atoms with E-state index in [9.17, 15) is 4.79 Å². The minimum atomic E-state index is -0.954. The summed E-state index contributed by atoms with van der Waals surface area (Å²) in [6.07, 6.45) is 11.4. The van der Waals surface area contributed by atoms with Crippen LogP contribution in [0.5, 0.6) is 5.75 Å². The Morgan fingerprint density at radius 2 is 1.90 bits per heavy atom. The smallest absolute Gasteiger partial charge is 0.341 e. The van der Waals surface area contributed by atoms with Gasteiger partial charge in [0.25, 0.3) is 0 Å². The number of benzene rings is 1. The highest BCUT2D eigenvalue weighted by molar-refractivity contribution is 5.68. The zero-order chi connectivity index (χ0) is 20.5. The van der Waals surface area contributed by atoms with Gasteiger partial charge in [0.05, 0.1) is 12.2 Å². The van der Waals surface area contributed by atoms with Crippen molar-refractivity contribution < 1.29 is 24.1 Å². The normalized spacial score (nSPS) is 25.4. The van der Waals surface area contributed by atoms with Gasteiger partial charge >= 0.3 is 5.97 Å². The lowest BCUT2D eigenvalue weighted by molar-refractivity contribution is -0.139. The maximum absolute atomic E-state index is 10.7. The van der Waals surface area contributed by atoms with E-state index in [0.29, 0.717) is 29.8 Å². The Kier molecular flexibility index (Phi) is 8.81. The van der Waals surface area contributed by atoms with Gasteiger partial charge in [0.2, 0.25) is 0 Å². The van der Waals surface area contributed by atoms with Gasteiger partial charge in [-0.3, -0.25) is 0 Å². The molecule has 3 rings (SSSR count). The molecule has 4 atom stereocenters. The summed E-state index contributed by atoms with van der Waals surface area (Å²) in [7, 11) is 0. The van der Waals surface area contributed by atoms with Crippen molar-refractivity contribution in [1.82, 2.24) is 0 Å². The van der Waals surface area contributed by atoms with Crippen molar-refractivity contribution in [3.8, 4) is 5.75 Å². The van der Waals surface area contributed by atoms with Crippen LogP contribution in [0.2, 0.25) is 0 Å². The SMILES string of the molecule is CCCCCCOCC[C@@H]1[C@H](CCc2cccc(OCC(=O)O)c2)[C@@H]2CC[C@H]1O2. The maximum Gasteiger partial charge on any atom is 0.341 e. The highest BCUT2D eigenvalue weighted by Crippen LogP contribution is 2.46. The van der Waals surface area contributed by atoms with Crippen molar-refractivity contribution in [2.24, 2.45) is 11.8 Å². The van der Waals surface area contributed by atoms with E-state index in [4.69, 9.17) is 19.3 Å². The van der Waals surface area contributed by atoms with Gasteiger partial charge < -0.3 is 19.3 Å². The molecule has 5 heteroatoms. The van der Waals surface area contributed by atoms with E-state index in [2.05, 4.69) is 13.0 Å². The second-order valence-corrected chi connectivity index (χ2v) is 8.45. The molecule has 0 spiro atoms. The number of fused-ring (bicyclic) bond motifs is 2. The molecule has 2 aliphatic heterocycles. The fourth-order valence-electron chi connectivity index (χ4n) is 4.89. The van der Waals surface area contributed by atoms with Crippen LogP contribution in [0.15, 0.2) is 24.3 Å². The molecular weight excluding hydrogens is 368 g/mol. The van der Waals surface area contributed by atoms with E-state index in [1.807, 2.05) is 18.2 Å². The molecule has 2 saturated heterocycles.